The van der Waals surface area contributed by atoms with Crippen LogP contribution in [0.25, 0.3) is 0 Å². The monoisotopic (exact) mass is 252 g/mol. The van der Waals surface area contributed by atoms with Crippen molar-refractivity contribution in [3.63, 3.8) is 0 Å². The first-order chi connectivity index (χ1) is 9.09. The summed E-state index contributed by atoms with van der Waals surface area (Å²) in [5.41, 5.74) is 3.22. The Morgan fingerprint density at radius 1 is 1.11 bits per heavy atom. The second-order valence-electron chi connectivity index (χ2n) is 4.49. The zero-order valence-electron chi connectivity index (χ0n) is 11.1. The highest BCUT2D eigenvalue weighted by atomic mass is 16.5. The van der Waals surface area contributed by atoms with E-state index in [1.54, 1.807) is 6.92 Å². The van der Waals surface area contributed by atoms with Crippen LogP contribution in [0.5, 0.6) is 0 Å². The second kappa shape index (κ2) is 5.53. The summed E-state index contributed by atoms with van der Waals surface area (Å²) in [4.78, 5) is 11.8. The van der Waals surface area contributed by atoms with Crippen molar-refractivity contribution in [2.24, 2.45) is 0 Å². The molecule has 0 aromatic heterocycles. The summed E-state index contributed by atoms with van der Waals surface area (Å²) in [5, 5.41) is 0. The SMILES string of the molecule is C=C(C)C(=O)OC1=C(C)C=CC=C2C=CC=CC=C21. The van der Waals surface area contributed by atoms with Gasteiger partial charge in [-0.1, -0.05) is 55.2 Å². The number of carbonyl (C=O) groups excluding carboxylic acids is 1. The van der Waals surface area contributed by atoms with Gasteiger partial charge in [-0.25, -0.2) is 4.79 Å². The van der Waals surface area contributed by atoms with Gasteiger partial charge < -0.3 is 4.74 Å². The molecule has 0 saturated heterocycles. The van der Waals surface area contributed by atoms with Crippen molar-refractivity contribution in [3.8, 4) is 0 Å². The Hall–Kier alpha value is -2.35. The Morgan fingerprint density at radius 2 is 1.89 bits per heavy atom. The number of hydrogen-bond acceptors (Lipinski definition) is 2. The Labute approximate surface area is 113 Å². The highest BCUT2D eigenvalue weighted by Crippen LogP contribution is 2.29. The lowest BCUT2D eigenvalue weighted by molar-refractivity contribution is -0.134. The van der Waals surface area contributed by atoms with Crippen molar-refractivity contribution in [2.75, 3.05) is 0 Å². The molecule has 0 aromatic rings. The Balaban J connectivity index is 2.46. The van der Waals surface area contributed by atoms with Crippen LogP contribution in [0.4, 0.5) is 0 Å². The smallest absolute Gasteiger partial charge is 0.338 e. The van der Waals surface area contributed by atoms with Crippen molar-refractivity contribution < 1.29 is 9.53 Å². The quantitative estimate of drug-likeness (QED) is 0.550. The zero-order chi connectivity index (χ0) is 13.8. The molecule has 96 valence electrons. The molecule has 0 spiro atoms. The lowest BCUT2D eigenvalue weighted by Crippen LogP contribution is -2.08. The Bertz CT molecular complexity index is 605. The molecule has 2 nitrogen and oxygen atoms in total. The van der Waals surface area contributed by atoms with Gasteiger partial charge in [-0.05, 0) is 25.0 Å². The van der Waals surface area contributed by atoms with E-state index < -0.39 is 5.97 Å². The number of rotatable bonds is 2. The minimum atomic E-state index is -0.401. The fourth-order valence-corrected chi connectivity index (χ4v) is 1.81. The van der Waals surface area contributed by atoms with Gasteiger partial charge in [0.1, 0.15) is 5.76 Å². The van der Waals surface area contributed by atoms with Gasteiger partial charge in [0.05, 0.1) is 0 Å². The van der Waals surface area contributed by atoms with E-state index in [1.165, 1.54) is 0 Å². The van der Waals surface area contributed by atoms with Gasteiger partial charge in [0.25, 0.3) is 0 Å². The molecule has 0 heterocycles. The molecule has 0 bridgehead atoms. The number of allylic oxidation sites excluding steroid dienone is 10. The summed E-state index contributed by atoms with van der Waals surface area (Å²) in [5.74, 6) is 0.186. The molecule has 2 rings (SSSR count). The zero-order valence-corrected chi connectivity index (χ0v) is 11.1. The van der Waals surface area contributed by atoms with E-state index in [2.05, 4.69) is 6.58 Å². The normalized spacial score (nSPS) is 17.2. The van der Waals surface area contributed by atoms with Crippen molar-refractivity contribution in [2.45, 2.75) is 13.8 Å². The summed E-state index contributed by atoms with van der Waals surface area (Å²) in [6.45, 7) is 7.18. The average Bonchev–Trinajstić information content (AvgIpc) is 2.66. The number of carbonyl (C=O) groups is 1. The Morgan fingerprint density at radius 3 is 2.63 bits per heavy atom. The lowest BCUT2D eigenvalue weighted by atomic mass is 10.0. The molecule has 0 saturated carbocycles. The van der Waals surface area contributed by atoms with E-state index in [0.717, 1.165) is 16.7 Å². The third-order valence-electron chi connectivity index (χ3n) is 2.84. The number of fused-ring (bicyclic) bond motifs is 1. The molecule has 0 aliphatic heterocycles. The maximum absolute atomic E-state index is 11.8. The van der Waals surface area contributed by atoms with Crippen LogP contribution in [-0.2, 0) is 9.53 Å². The van der Waals surface area contributed by atoms with Crippen LogP contribution in [0.3, 0.4) is 0 Å². The van der Waals surface area contributed by atoms with Crippen molar-refractivity contribution in [1.29, 1.82) is 0 Å². The Kier molecular flexibility index (Phi) is 3.81. The predicted molar refractivity (Wildman–Crippen MR) is 77.2 cm³/mol. The first kappa shape index (κ1) is 13.1. The van der Waals surface area contributed by atoms with Crippen LogP contribution >= 0.6 is 0 Å². The second-order valence-corrected chi connectivity index (χ2v) is 4.49. The third kappa shape index (κ3) is 2.91. The summed E-state index contributed by atoms with van der Waals surface area (Å²) in [7, 11) is 0. The van der Waals surface area contributed by atoms with Crippen LogP contribution in [0.1, 0.15) is 13.8 Å². The van der Waals surface area contributed by atoms with Gasteiger partial charge in [0.2, 0.25) is 0 Å². The van der Waals surface area contributed by atoms with Crippen molar-refractivity contribution >= 4 is 5.97 Å². The molecular weight excluding hydrogens is 236 g/mol. The fraction of sp³-hybridized carbons (Fsp3) is 0.118. The van der Waals surface area contributed by atoms with Crippen LogP contribution in [0.15, 0.2) is 83.2 Å². The minimum Gasteiger partial charge on any atom is -0.422 e. The summed E-state index contributed by atoms with van der Waals surface area (Å²) in [6, 6.07) is 0. The molecule has 2 aliphatic rings. The molecule has 0 aromatic carbocycles. The third-order valence-corrected chi connectivity index (χ3v) is 2.84. The van der Waals surface area contributed by atoms with Gasteiger partial charge in [-0.3, -0.25) is 0 Å². The molecule has 0 amide bonds. The first-order valence-corrected chi connectivity index (χ1v) is 6.12. The molecule has 0 radical (unpaired) electrons. The average molecular weight is 252 g/mol. The number of esters is 1. The van der Waals surface area contributed by atoms with E-state index in [-0.39, 0.29) is 0 Å². The van der Waals surface area contributed by atoms with Crippen LogP contribution in [0.2, 0.25) is 0 Å². The standard InChI is InChI=1S/C17H16O2/c1-12(2)17(18)19-16-13(3)8-7-10-14-9-5-4-6-11-15(14)16/h4-11H,1H2,2-3H3. The molecule has 0 atom stereocenters. The maximum Gasteiger partial charge on any atom is 0.338 e. The van der Waals surface area contributed by atoms with E-state index in [0.29, 0.717) is 11.3 Å². The van der Waals surface area contributed by atoms with Gasteiger partial charge in [0.15, 0.2) is 0 Å². The molecule has 0 fully saturated rings. The summed E-state index contributed by atoms with van der Waals surface area (Å²) in [6.07, 6.45) is 15.7. The number of ether oxygens (including phenoxy) is 1. The van der Waals surface area contributed by atoms with E-state index in [1.807, 2.05) is 55.5 Å². The van der Waals surface area contributed by atoms with E-state index >= 15 is 0 Å². The molecule has 2 heteroatoms. The topological polar surface area (TPSA) is 26.3 Å². The predicted octanol–water partition coefficient (Wildman–Crippen LogP) is 3.93. The molecule has 2 aliphatic carbocycles. The molecular formula is C17H16O2. The first-order valence-electron chi connectivity index (χ1n) is 6.12. The van der Waals surface area contributed by atoms with Crippen LogP contribution in [0, 0.1) is 0 Å². The van der Waals surface area contributed by atoms with Gasteiger partial charge in [-0.2, -0.15) is 0 Å². The van der Waals surface area contributed by atoms with Crippen molar-refractivity contribution in [3.05, 3.63) is 83.2 Å². The largest absolute Gasteiger partial charge is 0.422 e. The van der Waals surface area contributed by atoms with Crippen LogP contribution in [-0.4, -0.2) is 5.97 Å². The highest BCUT2D eigenvalue weighted by molar-refractivity contribution is 5.88. The minimum absolute atomic E-state index is 0.388. The van der Waals surface area contributed by atoms with Crippen molar-refractivity contribution in [1.82, 2.24) is 0 Å². The fourth-order valence-electron chi connectivity index (χ4n) is 1.81. The highest BCUT2D eigenvalue weighted by Gasteiger charge is 2.18. The van der Waals surface area contributed by atoms with Gasteiger partial charge in [-0.15, -0.1) is 0 Å². The maximum atomic E-state index is 11.8. The van der Waals surface area contributed by atoms with E-state index in [4.69, 9.17) is 4.74 Å². The molecule has 0 unspecified atom stereocenters. The van der Waals surface area contributed by atoms with Gasteiger partial charge >= 0.3 is 5.97 Å². The van der Waals surface area contributed by atoms with Crippen LogP contribution < -0.4 is 0 Å². The lowest BCUT2D eigenvalue weighted by Gasteiger charge is -2.14. The summed E-state index contributed by atoms with van der Waals surface area (Å²) >= 11 is 0. The molecule has 19 heavy (non-hydrogen) atoms. The number of hydrogen-bond donors (Lipinski definition) is 0. The summed E-state index contributed by atoms with van der Waals surface area (Å²) < 4.78 is 5.48. The van der Waals surface area contributed by atoms with Gasteiger partial charge in [0, 0.05) is 11.1 Å². The van der Waals surface area contributed by atoms with E-state index in [9.17, 15) is 4.79 Å². The molecule has 0 N–H and O–H groups in total.